The van der Waals surface area contributed by atoms with Gasteiger partial charge in [-0.15, -0.1) is 0 Å². The van der Waals surface area contributed by atoms with Crippen LogP contribution in [-0.4, -0.2) is 18.7 Å². The lowest BCUT2D eigenvalue weighted by molar-refractivity contribution is -0.571. The fourth-order valence-electron chi connectivity index (χ4n) is 11.9. The Morgan fingerprint density at radius 1 is 0.500 bits per heavy atom. The van der Waals surface area contributed by atoms with Gasteiger partial charge in [-0.2, -0.15) is 0 Å². The molecule has 6 heteroatoms. The standard InChI is InChI=1S/C80H75N5O/c1-76(2,3)53-38-43-81-74(46-53)85-70-37-32-55(84-68-26-14-12-22-60(68)61-23-13-15-27-69(61)84)48-63(70)62-34-33-57(49-73(62)85)86-56-21-18-20-54(47-56)82-50-83(72-29-17-16-28-71(72)82)75-58(51-30-35-64-66(44-51)79(8,9)41-39-77(64,4)5)24-19-25-59(75)52-31-36-65-67(45-52)80(10,11)42-40-78(65,6)7/h12-38,43-49H,39-42H2,1-11H3/i4D3,5D3,6D3,7D3,8D3,9D3,10D3,11D3,30D,31D,35D,36D,39D2,40D2,41D2,42D2,44D,45D. The van der Waals surface area contributed by atoms with Crippen molar-refractivity contribution in [2.45, 2.75) is 128 Å². The summed E-state index contributed by atoms with van der Waals surface area (Å²) in [7, 11) is 0. The summed E-state index contributed by atoms with van der Waals surface area (Å²) in [5.74, 6) is 0.961. The first-order valence-electron chi connectivity index (χ1n) is 46.5. The lowest BCUT2D eigenvalue weighted by Gasteiger charge is -2.42. The molecule has 6 nitrogen and oxygen atoms in total. The molecule has 426 valence electrons. The first-order valence-corrected chi connectivity index (χ1v) is 27.5. The molecular formula is C80H75N5O. The molecule has 0 radical (unpaired) electrons. The van der Waals surface area contributed by atoms with Gasteiger partial charge in [-0.3, -0.25) is 13.7 Å². The van der Waals surface area contributed by atoms with Gasteiger partial charge >= 0.3 is 0 Å². The van der Waals surface area contributed by atoms with Gasteiger partial charge in [-0.1, -0.05) is 197 Å². The number of ether oxygens (including phenoxy) is 1. The van der Waals surface area contributed by atoms with Crippen molar-refractivity contribution >= 4 is 54.6 Å². The largest absolute Gasteiger partial charge is 0.458 e. The minimum absolute atomic E-state index is 0.0445. The van der Waals surface area contributed by atoms with E-state index < -0.39 is 188 Å². The Bertz CT molecular complexity index is 6340. The summed E-state index contributed by atoms with van der Waals surface area (Å²) in [4.78, 5) is 4.92. The van der Waals surface area contributed by atoms with E-state index in [0.29, 0.717) is 11.3 Å². The lowest BCUT2D eigenvalue weighted by Crippen LogP contribution is -2.34. The van der Waals surface area contributed by atoms with Gasteiger partial charge in [0.2, 0.25) is 0 Å². The molecule has 0 saturated heterocycles. The van der Waals surface area contributed by atoms with Gasteiger partial charge in [-0.25, -0.2) is 4.98 Å². The molecule has 9 aromatic carbocycles. The zero-order chi connectivity index (χ0) is 91.6. The fourth-order valence-corrected chi connectivity index (χ4v) is 11.9. The molecular weight excluding hydrogens is 1050 g/mol. The van der Waals surface area contributed by atoms with Crippen LogP contribution in [0.2, 0.25) is 0 Å². The van der Waals surface area contributed by atoms with Crippen molar-refractivity contribution in [3.05, 3.63) is 240 Å². The molecule has 0 saturated carbocycles. The maximum atomic E-state index is 10.5. The van der Waals surface area contributed by atoms with Gasteiger partial charge in [0.15, 0.2) is 0 Å². The average Bonchev–Trinajstić information content (AvgIpc) is 0.735. The Hall–Kier alpha value is -9.00. The van der Waals surface area contributed by atoms with Crippen molar-refractivity contribution in [3.8, 4) is 56.6 Å². The molecule has 2 aliphatic rings. The first kappa shape index (κ1) is 26.7. The molecule has 15 rings (SSSR count). The molecule has 0 bridgehead atoms. The number of hydrogen-bond donors (Lipinski definition) is 0. The van der Waals surface area contributed by atoms with Crippen molar-refractivity contribution in [2.24, 2.45) is 0 Å². The molecule has 0 amide bonds. The van der Waals surface area contributed by atoms with E-state index in [1.165, 1.54) is 41.0 Å². The predicted molar refractivity (Wildman–Crippen MR) is 357 cm³/mol. The van der Waals surface area contributed by atoms with E-state index in [9.17, 15) is 19.2 Å². The molecule has 0 N–H and O–H groups in total. The maximum absolute atomic E-state index is 10.5. The highest BCUT2D eigenvalue weighted by molar-refractivity contribution is 6.12. The Balaban J connectivity index is 1.04. The van der Waals surface area contributed by atoms with E-state index >= 15 is 0 Å². The number of aromatic nitrogens is 5. The van der Waals surface area contributed by atoms with Crippen LogP contribution in [0.4, 0.5) is 0 Å². The van der Waals surface area contributed by atoms with Crippen LogP contribution in [0.25, 0.3) is 99.8 Å². The topological polar surface area (TPSA) is 40.8 Å². The van der Waals surface area contributed by atoms with Crippen molar-refractivity contribution in [1.82, 2.24) is 18.7 Å². The van der Waals surface area contributed by atoms with E-state index in [4.69, 9.17) is 42.6 Å². The molecule has 0 atom stereocenters. The molecule has 0 unspecified atom stereocenters. The number of imidazole rings is 1. The van der Waals surface area contributed by atoms with E-state index in [-0.39, 0.29) is 33.6 Å². The zero-order valence-electron chi connectivity index (χ0n) is 84.3. The highest BCUT2D eigenvalue weighted by Gasteiger charge is 2.39. The van der Waals surface area contributed by atoms with Gasteiger partial charge in [0.25, 0.3) is 6.33 Å². The fraction of sp³-hybridized carbons (Fsp3) is 0.250. The number of rotatable bonds is 8. The molecule has 0 fully saturated rings. The second-order valence-corrected chi connectivity index (χ2v) is 22.8. The van der Waals surface area contributed by atoms with E-state index in [2.05, 4.69) is 62.0 Å². The highest BCUT2D eigenvalue weighted by Crippen LogP contribution is 2.50. The number of para-hydroxylation sites is 5. The van der Waals surface area contributed by atoms with Gasteiger partial charge in [0.1, 0.15) is 17.3 Å². The van der Waals surface area contributed by atoms with Gasteiger partial charge in [-0.05, 0) is 175 Å². The van der Waals surface area contributed by atoms with Gasteiger partial charge < -0.3 is 9.30 Å². The van der Waals surface area contributed by atoms with Crippen LogP contribution in [0.3, 0.4) is 0 Å². The lowest BCUT2D eigenvalue weighted by atomic mass is 9.62. The van der Waals surface area contributed by atoms with Crippen LogP contribution < -0.4 is 9.30 Å². The molecule has 86 heavy (non-hydrogen) atoms. The molecule has 2 aliphatic carbocycles. The summed E-state index contributed by atoms with van der Waals surface area (Å²) in [6.45, 7) is -30.2. The molecule has 13 aromatic rings. The Labute approximate surface area is 559 Å². The third-order valence-corrected chi connectivity index (χ3v) is 16.1. The summed E-state index contributed by atoms with van der Waals surface area (Å²) in [6.07, 6.45) is -14.5. The van der Waals surface area contributed by atoms with Crippen molar-refractivity contribution in [1.29, 1.82) is 0 Å². The molecule has 4 heterocycles. The molecule has 4 aromatic heterocycles. The van der Waals surface area contributed by atoms with Crippen molar-refractivity contribution < 1.29 is 61.4 Å². The number of benzene rings is 9. The second kappa shape index (κ2) is 19.3. The summed E-state index contributed by atoms with van der Waals surface area (Å²) >= 11 is 0. The maximum Gasteiger partial charge on any atom is 0.269 e. The van der Waals surface area contributed by atoms with Crippen LogP contribution in [0.5, 0.6) is 11.5 Å². The van der Waals surface area contributed by atoms with E-state index in [1.807, 2.05) is 65.2 Å². The smallest absolute Gasteiger partial charge is 0.269 e. The first-order chi connectivity index (χ1) is 56.8. The molecule has 0 aliphatic heterocycles. The summed E-state index contributed by atoms with van der Waals surface area (Å²) in [5, 5.41) is 3.74. The third-order valence-electron chi connectivity index (χ3n) is 16.1. The van der Waals surface area contributed by atoms with Crippen LogP contribution in [0.1, 0.15) is 181 Å². The Morgan fingerprint density at radius 2 is 1.06 bits per heavy atom. The summed E-state index contributed by atoms with van der Waals surface area (Å²) in [5.41, 5.74) is -26.8. The van der Waals surface area contributed by atoms with Crippen LogP contribution in [0.15, 0.2) is 206 Å². The van der Waals surface area contributed by atoms with E-state index in [0.717, 1.165) is 72.1 Å². The van der Waals surface area contributed by atoms with Gasteiger partial charge in [0.05, 0.1) is 52.7 Å². The van der Waals surface area contributed by atoms with Crippen LogP contribution in [-0.2, 0) is 27.1 Å². The number of hydrogen-bond acceptors (Lipinski definition) is 2. The highest BCUT2D eigenvalue weighted by atomic mass is 16.5. The average molecular weight is 1160 g/mol. The SMILES string of the molecule is [2H]c1c([2H])c2c(c([2H])c1-c1cccc(-c3c([2H])c([2H])c4c(c3[2H])C(C([2H])([2H])[2H])(C([2H])([2H])[2H])C([2H])([2H])C([2H])([2H])C4(C([2H])([2H])[2H])C([2H])([2H])[2H])c1-[n+]1[c-]n(-c3cccc(Oc4ccc5c6cc(-n7c8ccccc8c8ccccc87)ccc6n(-c6cc(C(C)(C)C)ccn6)c5c4)c3)c3ccccc31)C(C([2H])([2H])[2H])(C([2H])([2H])[2H])C([2H])([2H])C([2H])([2H])C2(C([2H])([2H])[2H])C([2H])([2H])[2H]. The number of nitrogens with zero attached hydrogens (tertiary/aromatic N) is 5. The molecule has 0 spiro atoms. The van der Waals surface area contributed by atoms with Crippen molar-refractivity contribution in [2.75, 3.05) is 0 Å². The zero-order valence-corrected chi connectivity index (χ0v) is 46.3. The quantitative estimate of drug-likeness (QED) is 0.112. The summed E-state index contributed by atoms with van der Waals surface area (Å²) < 4.78 is 368. The minimum atomic E-state index is -4.86. The normalized spacial score (nSPS) is 26.0. The van der Waals surface area contributed by atoms with E-state index in [1.54, 1.807) is 24.4 Å². The number of fused-ring (bicyclic) bond motifs is 9. The summed E-state index contributed by atoms with van der Waals surface area (Å²) in [6, 6.07) is 36.0. The Morgan fingerprint density at radius 3 is 1.69 bits per heavy atom. The second-order valence-electron chi connectivity index (χ2n) is 22.8. The van der Waals surface area contributed by atoms with Gasteiger partial charge in [0, 0.05) is 83.4 Å². The van der Waals surface area contributed by atoms with Crippen LogP contribution >= 0.6 is 0 Å². The van der Waals surface area contributed by atoms with Crippen LogP contribution in [0, 0.1) is 6.33 Å². The Kier molecular flexibility index (Phi) is 5.98. The third kappa shape index (κ3) is 8.64. The minimum Gasteiger partial charge on any atom is -0.458 e. The number of pyridine rings is 1. The predicted octanol–water partition coefficient (Wildman–Crippen LogP) is 20.4. The monoisotopic (exact) mass is 1160 g/mol. The van der Waals surface area contributed by atoms with Crippen molar-refractivity contribution in [3.63, 3.8) is 0 Å².